The number of aromatic amines is 1. The maximum absolute atomic E-state index is 12.5. The number of rotatable bonds is 13. The number of aromatic nitrogens is 4. The summed E-state index contributed by atoms with van der Waals surface area (Å²) in [6, 6.07) is 0. The summed E-state index contributed by atoms with van der Waals surface area (Å²) in [5.74, 6) is 0.380. The average molecular weight is 630 g/mol. The van der Waals surface area contributed by atoms with Crippen LogP contribution in [-0.2, 0) is 18.6 Å². The molecule has 16 heteroatoms. The van der Waals surface area contributed by atoms with Crippen molar-refractivity contribution in [1.82, 2.24) is 29.1 Å². The number of thioether (sulfide) groups is 1. The number of likely N-dealkylation sites (N-methyl/N-ethyl adjacent to an activating group) is 1. The molecule has 2 aliphatic heterocycles. The van der Waals surface area contributed by atoms with E-state index < -0.39 is 31.3 Å². The Balaban J connectivity index is 1.45. The highest BCUT2D eigenvalue weighted by molar-refractivity contribution is 8.13. The molecule has 2 fully saturated rings. The molecule has 5 unspecified atom stereocenters. The van der Waals surface area contributed by atoms with Crippen LogP contribution in [-0.4, -0.2) is 128 Å². The zero-order valence-corrected chi connectivity index (χ0v) is 26.7. The summed E-state index contributed by atoms with van der Waals surface area (Å²) in [6.45, 7) is 10.9. The van der Waals surface area contributed by atoms with Gasteiger partial charge in [-0.15, -0.1) is 0 Å². The van der Waals surface area contributed by atoms with E-state index in [0.717, 1.165) is 24.9 Å². The zero-order valence-electron chi connectivity index (χ0n) is 25.0. The molecule has 4 rings (SSSR count). The van der Waals surface area contributed by atoms with Gasteiger partial charge in [0.25, 0.3) is 5.56 Å². The predicted octanol–water partition coefficient (Wildman–Crippen LogP) is 1.20. The summed E-state index contributed by atoms with van der Waals surface area (Å²) in [5.41, 5.74) is -0.643. The van der Waals surface area contributed by atoms with Gasteiger partial charge >= 0.3 is 0 Å². The predicted molar refractivity (Wildman–Crippen MR) is 165 cm³/mol. The molecule has 2 aromatic rings. The Bertz CT molecular complexity index is 1330. The van der Waals surface area contributed by atoms with Crippen LogP contribution in [0.15, 0.2) is 11.1 Å². The molecule has 0 aromatic carbocycles. The van der Waals surface area contributed by atoms with Crippen LogP contribution in [0.25, 0.3) is 11.2 Å². The monoisotopic (exact) mass is 629 g/mol. The second-order valence-corrected chi connectivity index (χ2v) is 14.8. The summed E-state index contributed by atoms with van der Waals surface area (Å²) < 4.78 is 22.7. The Labute approximate surface area is 250 Å². The van der Waals surface area contributed by atoms with Crippen molar-refractivity contribution in [1.29, 1.82) is 0 Å². The molecule has 0 saturated carbocycles. The van der Waals surface area contributed by atoms with E-state index in [0.29, 0.717) is 37.0 Å². The minimum absolute atomic E-state index is 0.0402. The highest BCUT2D eigenvalue weighted by Gasteiger charge is 2.44. The molecule has 0 bridgehead atoms. The number of aliphatic hydroxyl groups is 2. The number of nitrogens with zero attached hydrogens (tertiary/aromatic N) is 5. The number of H-pyrrole nitrogens is 1. The van der Waals surface area contributed by atoms with Crippen LogP contribution in [0, 0.1) is 11.3 Å². The first-order chi connectivity index (χ1) is 19.9. The molecule has 0 aliphatic carbocycles. The summed E-state index contributed by atoms with van der Waals surface area (Å²) in [6.07, 6.45) is 3.72. The van der Waals surface area contributed by atoms with Crippen molar-refractivity contribution < 1.29 is 28.8 Å². The lowest BCUT2D eigenvalue weighted by Gasteiger charge is -2.40. The fraction of sp³-hybridized carbons (Fsp3) is 0.731. The summed E-state index contributed by atoms with van der Waals surface area (Å²) >= 11 is 1.12. The van der Waals surface area contributed by atoms with Gasteiger partial charge in [-0.05, 0) is 34.1 Å². The summed E-state index contributed by atoms with van der Waals surface area (Å²) in [7, 11) is -0.754. The number of piperazine rings is 1. The number of fused-ring (bicyclic) bond motifs is 1. The molecular weight excluding hydrogens is 585 g/mol. The summed E-state index contributed by atoms with van der Waals surface area (Å²) in [4.78, 5) is 38.6. The van der Waals surface area contributed by atoms with Crippen LogP contribution in [0.2, 0.25) is 0 Å². The third-order valence-electron chi connectivity index (χ3n) is 7.64. The third kappa shape index (κ3) is 7.28. The zero-order chi connectivity index (χ0) is 30.7. The topological polar surface area (TPSA) is 167 Å². The van der Waals surface area contributed by atoms with Crippen LogP contribution in [0.3, 0.4) is 0 Å². The lowest BCUT2D eigenvalue weighted by molar-refractivity contribution is -0.119. The van der Waals surface area contributed by atoms with Crippen LogP contribution in [0.1, 0.15) is 33.9 Å². The van der Waals surface area contributed by atoms with Gasteiger partial charge in [-0.1, -0.05) is 18.7 Å². The first kappa shape index (κ1) is 33.1. The van der Waals surface area contributed by atoms with Crippen molar-refractivity contribution in [3.05, 3.63) is 16.7 Å². The Morgan fingerprint density at radius 1 is 1.33 bits per heavy atom. The average Bonchev–Trinajstić information content (AvgIpc) is 3.51. The van der Waals surface area contributed by atoms with Crippen molar-refractivity contribution in [3.63, 3.8) is 0 Å². The SMILES string of the molecule is C=P(OCCSC(=O)C(C)(C)CO)(OCC1OC(n2cnc3c(=O)[nH]c(NCC)nc32)C(C)C1O)N1CCN(C)CC1. The number of ether oxygens (including phenoxy) is 1. The molecule has 14 nitrogen and oxygen atoms in total. The minimum Gasteiger partial charge on any atom is -0.395 e. The molecule has 4 N–H and O–H groups in total. The van der Waals surface area contributed by atoms with Gasteiger partial charge in [-0.25, -0.2) is 9.65 Å². The van der Waals surface area contributed by atoms with Gasteiger partial charge in [0.2, 0.25) is 5.95 Å². The number of carbonyl (C=O) groups is 1. The van der Waals surface area contributed by atoms with E-state index in [1.807, 2.05) is 13.8 Å². The number of hydrogen-bond donors (Lipinski definition) is 4. The van der Waals surface area contributed by atoms with Crippen molar-refractivity contribution in [2.45, 2.75) is 46.1 Å². The maximum atomic E-state index is 12.5. The number of carbonyl (C=O) groups excluding carboxylic acids is 1. The minimum atomic E-state index is -2.81. The molecule has 42 heavy (non-hydrogen) atoms. The largest absolute Gasteiger partial charge is 0.395 e. The molecule has 4 heterocycles. The smallest absolute Gasteiger partial charge is 0.280 e. The molecule has 2 aliphatic rings. The van der Waals surface area contributed by atoms with Gasteiger partial charge in [0.15, 0.2) is 23.8 Å². The first-order valence-corrected chi connectivity index (χ1v) is 16.9. The molecule has 2 saturated heterocycles. The van der Waals surface area contributed by atoms with Crippen LogP contribution < -0.4 is 10.9 Å². The molecule has 0 radical (unpaired) electrons. The fourth-order valence-corrected chi connectivity index (χ4v) is 7.65. The number of aliphatic hydroxyl groups excluding tert-OH is 2. The van der Waals surface area contributed by atoms with E-state index >= 15 is 0 Å². The van der Waals surface area contributed by atoms with Crippen molar-refractivity contribution >= 4 is 47.8 Å². The normalized spacial score (nSPS) is 25.6. The highest BCUT2D eigenvalue weighted by atomic mass is 32.2. The Hall–Kier alpha value is -1.81. The molecule has 236 valence electrons. The van der Waals surface area contributed by atoms with Gasteiger partial charge in [0, 0.05) is 44.4 Å². The fourth-order valence-electron chi connectivity index (χ4n) is 4.78. The quantitative estimate of drug-likeness (QED) is 0.185. The molecular formula is C26H44N7O7PS. The van der Waals surface area contributed by atoms with Crippen molar-refractivity contribution in [3.8, 4) is 0 Å². The molecule has 0 amide bonds. The lowest BCUT2D eigenvalue weighted by atomic mass is 9.97. The molecule has 2 aromatic heterocycles. The van der Waals surface area contributed by atoms with E-state index in [2.05, 4.69) is 43.2 Å². The van der Waals surface area contributed by atoms with Crippen molar-refractivity contribution in [2.75, 3.05) is 70.7 Å². The van der Waals surface area contributed by atoms with Crippen LogP contribution in [0.5, 0.6) is 0 Å². The van der Waals surface area contributed by atoms with Gasteiger partial charge in [0.1, 0.15) is 12.3 Å². The number of anilines is 1. The number of imidazole rings is 1. The van der Waals surface area contributed by atoms with Crippen LogP contribution in [0.4, 0.5) is 5.95 Å². The van der Waals surface area contributed by atoms with E-state index in [1.165, 1.54) is 6.33 Å². The second kappa shape index (κ2) is 13.9. The summed E-state index contributed by atoms with van der Waals surface area (Å²) in [5, 5.41) is 23.5. The molecule has 0 spiro atoms. The Morgan fingerprint density at radius 2 is 2.05 bits per heavy atom. The van der Waals surface area contributed by atoms with Gasteiger partial charge in [0.05, 0.1) is 37.7 Å². The third-order valence-corrected chi connectivity index (χ3v) is 11.2. The van der Waals surface area contributed by atoms with Gasteiger partial charge in [-0.2, -0.15) is 4.98 Å². The van der Waals surface area contributed by atoms with Crippen LogP contribution >= 0.6 is 19.3 Å². The van der Waals surface area contributed by atoms with Gasteiger partial charge < -0.3 is 34.2 Å². The maximum Gasteiger partial charge on any atom is 0.280 e. The second-order valence-electron chi connectivity index (χ2n) is 11.4. The van der Waals surface area contributed by atoms with E-state index in [1.54, 1.807) is 18.4 Å². The standard InChI is InChI=1S/C26H44N7O7PS/c1-7-27-25-29-21-19(22(36)30-25)28-16-33(21)23-17(2)20(35)18(40-23)14-39-41(6,32-10-8-31(5)9-11-32)38-12-13-42-24(37)26(3,4)15-34/h16-18,20,23,34-35H,6-15H2,1-5H3,(H2,27,29,30,36). The molecule has 5 atom stereocenters. The van der Waals surface area contributed by atoms with E-state index in [4.69, 9.17) is 13.8 Å². The van der Waals surface area contributed by atoms with Gasteiger partial charge in [-0.3, -0.25) is 19.1 Å². The highest BCUT2D eigenvalue weighted by Crippen LogP contribution is 2.52. The van der Waals surface area contributed by atoms with E-state index in [-0.39, 0.29) is 41.9 Å². The lowest BCUT2D eigenvalue weighted by Crippen LogP contribution is -2.43. The Morgan fingerprint density at radius 3 is 2.71 bits per heavy atom. The Kier molecular flexibility index (Phi) is 10.9. The number of hydrogen-bond acceptors (Lipinski definition) is 13. The van der Waals surface area contributed by atoms with Crippen molar-refractivity contribution in [2.24, 2.45) is 11.3 Å². The van der Waals surface area contributed by atoms with E-state index in [9.17, 15) is 19.8 Å². The number of nitrogens with one attached hydrogen (secondary N) is 2. The first-order valence-electron chi connectivity index (χ1n) is 14.2.